The van der Waals surface area contributed by atoms with E-state index in [9.17, 15) is 0 Å². The van der Waals surface area contributed by atoms with Crippen LogP contribution in [0.25, 0.3) is 11.4 Å². The van der Waals surface area contributed by atoms with Crippen LogP contribution in [-0.2, 0) is 54.2 Å². The molecule has 8 nitrogen and oxygen atoms in total. The Morgan fingerprint density at radius 1 is 0.600 bits per heavy atom. The number of aromatic nitrogens is 8. The number of hydrogen-bond donors (Lipinski definition) is 0. The summed E-state index contributed by atoms with van der Waals surface area (Å²) in [7, 11) is 4.67. The van der Waals surface area contributed by atoms with Crippen LogP contribution < -0.4 is 33.9 Å². The maximum Gasteiger partial charge on any atom is 0.393 e. The van der Waals surface area contributed by atoms with Gasteiger partial charge in [-0.15, -0.1) is 0 Å². The first-order valence-corrected chi connectivity index (χ1v) is 16.6. The molecular formula is C36H46Cl4N8Pd2-2. The van der Waals surface area contributed by atoms with E-state index in [2.05, 4.69) is 110 Å². The Morgan fingerprint density at radius 2 is 0.920 bits per heavy atom. The van der Waals surface area contributed by atoms with Crippen LogP contribution in [0.2, 0.25) is 0 Å². The molecular weight excluding hydrogens is 899 g/mol. The van der Waals surface area contributed by atoms with Crippen LogP contribution in [-0.4, -0.2) is 39.4 Å². The summed E-state index contributed by atoms with van der Waals surface area (Å²) in [6, 6.07) is 12.7. The van der Waals surface area contributed by atoms with E-state index in [0.29, 0.717) is 13.3 Å². The van der Waals surface area contributed by atoms with Gasteiger partial charge in [-0.2, -0.15) is 10.2 Å². The van der Waals surface area contributed by atoms with E-state index in [0.717, 1.165) is 0 Å². The molecule has 5 heterocycles. The molecule has 0 aliphatic carbocycles. The van der Waals surface area contributed by atoms with Gasteiger partial charge in [-0.05, 0) is 75.9 Å². The number of nitrogens with zero attached hydrogens (tertiary/aromatic N) is 8. The van der Waals surface area contributed by atoms with E-state index in [4.69, 9.17) is 0 Å². The fourth-order valence-electron chi connectivity index (χ4n) is 5.37. The molecule has 0 spiro atoms. The average Bonchev–Trinajstić information content (AvgIpc) is 3.73. The molecule has 0 radical (unpaired) electrons. The third-order valence-electron chi connectivity index (χ3n) is 7.01. The molecule has 0 N–H and O–H groups in total. The van der Waals surface area contributed by atoms with Crippen molar-refractivity contribution in [2.45, 2.75) is 54.9 Å². The first-order chi connectivity index (χ1) is 21.3. The van der Waals surface area contributed by atoms with Crippen molar-refractivity contribution < 1.29 is 96.4 Å². The third-order valence-corrected chi connectivity index (χ3v) is 9.30. The predicted molar refractivity (Wildman–Crippen MR) is 176 cm³/mol. The minimum absolute atomic E-state index is 0. The summed E-state index contributed by atoms with van der Waals surface area (Å²) >= 11 is 0. The van der Waals surface area contributed by atoms with Crippen LogP contribution >= 0.6 is 0 Å². The second kappa shape index (κ2) is 24.1. The Hall–Kier alpha value is -2.24. The molecule has 50 heavy (non-hydrogen) atoms. The van der Waals surface area contributed by atoms with Crippen LogP contribution in [0.5, 0.6) is 0 Å². The van der Waals surface area contributed by atoms with E-state index >= 15 is 0 Å². The smallest absolute Gasteiger partial charge is 0.393 e. The molecule has 1 aliphatic heterocycles. The number of halogens is 4. The summed E-state index contributed by atoms with van der Waals surface area (Å²) in [6.07, 6.45) is 22.2. The van der Waals surface area contributed by atoms with Gasteiger partial charge in [0, 0.05) is 90.4 Å². The normalized spacial score (nSPS) is 10.7. The standard InChI is InChI=1S/2C16H18N4.C2H4Cl2.2CH3.2ClH.2Pd/c2*1-13-9-14(2)16(15(3)10-13)19-8-7-18(11-19)12-20-6-4-5-17-20;1-3-2-4-1;;;;;;/h2*4-10H,12H2,1-3H3;1-2H2;2*1H3;2*1H;;/q;;+2;2*-1;;;;/p-2. The van der Waals surface area contributed by atoms with Crippen LogP contribution in [0.15, 0.2) is 86.0 Å². The molecule has 0 saturated carbocycles. The van der Waals surface area contributed by atoms with Crippen LogP contribution in [0, 0.1) is 90.6 Å². The molecule has 0 bridgehead atoms. The number of imidazole rings is 2. The minimum Gasteiger partial charge on any atom is -1.00 e. The van der Waals surface area contributed by atoms with E-state index in [1.807, 2.05) is 76.9 Å². The van der Waals surface area contributed by atoms with Gasteiger partial charge in [0.1, 0.15) is 0 Å². The molecule has 1 aliphatic rings. The number of aryl methyl sites for hydroxylation is 6. The Labute approximate surface area is 346 Å². The van der Waals surface area contributed by atoms with Crippen molar-refractivity contribution in [3.63, 3.8) is 0 Å². The summed E-state index contributed by atoms with van der Waals surface area (Å²) < 4.78 is 11.8. The Kier molecular flexibility index (Phi) is 24.0. The van der Waals surface area contributed by atoms with E-state index in [1.165, 1.54) is 55.4 Å². The van der Waals surface area contributed by atoms with E-state index in [-0.39, 0.29) is 80.5 Å². The zero-order valence-electron chi connectivity index (χ0n) is 29.6. The molecule has 7 rings (SSSR count). The van der Waals surface area contributed by atoms with E-state index in [1.54, 1.807) is 12.4 Å². The van der Waals surface area contributed by atoms with Gasteiger partial charge in [0.2, 0.25) is 12.7 Å². The summed E-state index contributed by atoms with van der Waals surface area (Å²) in [5.41, 5.74) is 10.0. The monoisotopic (exact) mass is 942 g/mol. The summed E-state index contributed by atoms with van der Waals surface area (Å²) in [4.78, 5) is 0. The zero-order chi connectivity index (χ0) is 31.1. The molecule has 6 aromatic rings. The molecule has 14 heteroatoms. The molecule has 0 atom stereocenters. The quantitative estimate of drug-likeness (QED) is 0.0970. The van der Waals surface area contributed by atoms with E-state index < -0.39 is 0 Å². The first-order valence-electron chi connectivity index (χ1n) is 14.5. The summed E-state index contributed by atoms with van der Waals surface area (Å²) in [6.45, 7) is 14.2. The third kappa shape index (κ3) is 13.7. The molecule has 0 amide bonds. The van der Waals surface area contributed by atoms with Gasteiger partial charge in [-0.3, -0.25) is 0 Å². The topological polar surface area (TPSA) is 53.3 Å². The van der Waals surface area contributed by atoms with Crippen molar-refractivity contribution in [2.24, 2.45) is 0 Å². The van der Waals surface area contributed by atoms with Crippen LogP contribution in [0.1, 0.15) is 33.4 Å². The Morgan fingerprint density at radius 3 is 1.18 bits per heavy atom. The van der Waals surface area contributed by atoms with Gasteiger partial charge < -0.3 is 57.9 Å². The number of hydrogen-bond acceptors (Lipinski definition) is 2. The molecule has 4 aromatic heterocycles. The predicted octanol–water partition coefficient (Wildman–Crippen LogP) is -0.626. The van der Waals surface area contributed by atoms with Crippen molar-refractivity contribution in [3.05, 3.63) is 147 Å². The first kappa shape index (κ1) is 49.9. The fraction of sp³-hybridized carbons (Fsp3) is 0.278. The number of benzene rings is 2. The molecule has 0 unspecified atom stereocenters. The van der Waals surface area contributed by atoms with Crippen molar-refractivity contribution in [1.29, 1.82) is 0 Å². The van der Waals surface area contributed by atoms with Crippen LogP contribution in [0.4, 0.5) is 0 Å². The number of rotatable bonds is 6. The van der Waals surface area contributed by atoms with Crippen molar-refractivity contribution in [1.82, 2.24) is 28.7 Å². The Bertz CT molecular complexity index is 1620. The summed E-state index contributed by atoms with van der Waals surface area (Å²) in [5.74, 6) is 0. The van der Waals surface area contributed by atoms with Gasteiger partial charge in [0.05, 0.1) is 11.4 Å². The largest absolute Gasteiger partial charge is 1.00 e. The maximum absolute atomic E-state index is 4.21. The Balaban J connectivity index is 0. The fourth-order valence-corrected chi connectivity index (χ4v) is 5.94. The zero-order valence-corrected chi connectivity index (χ0v) is 35.8. The van der Waals surface area contributed by atoms with Crippen molar-refractivity contribution in [3.8, 4) is 11.4 Å². The minimum atomic E-state index is 0. The average molecular weight is 945 g/mol. The number of alkyl halides is 4. The van der Waals surface area contributed by atoms with Gasteiger partial charge in [-0.1, -0.05) is 35.4 Å². The second-order valence-corrected chi connectivity index (χ2v) is 13.3. The second-order valence-electron chi connectivity index (χ2n) is 10.9. The molecule has 1 fully saturated rings. The maximum atomic E-state index is 4.21. The molecule has 280 valence electrons. The SMILES string of the molecule is C1[Cl+]C[Cl+]1.Cc1cc(C)c(-[n+]2[c-]n(Cn3cccn3)cc2)c(C)c1.Cc1cc(C)c(-[n+]2[c-]n(Cn3cccn3)cc2)c(C)c1.[CH3-].[CH3-].[Cl-].[Cl-].[Pd].[Pd]. The summed E-state index contributed by atoms with van der Waals surface area (Å²) in [5, 5.41) is 10.9. The van der Waals surface area contributed by atoms with Gasteiger partial charge in [0.15, 0.2) is 13.3 Å². The van der Waals surface area contributed by atoms with Gasteiger partial charge >= 0.3 is 10.7 Å². The molecule has 1 saturated heterocycles. The van der Waals surface area contributed by atoms with Gasteiger partial charge in [0.25, 0.3) is 21.6 Å². The van der Waals surface area contributed by atoms with Gasteiger partial charge in [-0.25, -0.2) is 9.36 Å². The van der Waals surface area contributed by atoms with Crippen LogP contribution in [0.3, 0.4) is 0 Å². The molecule has 2 aromatic carbocycles. The van der Waals surface area contributed by atoms with Crippen molar-refractivity contribution >= 4 is 0 Å². The van der Waals surface area contributed by atoms with Crippen molar-refractivity contribution in [2.75, 3.05) is 10.7 Å².